The summed E-state index contributed by atoms with van der Waals surface area (Å²) >= 11 is 0. The van der Waals surface area contributed by atoms with E-state index in [-0.39, 0.29) is 12.2 Å². The third kappa shape index (κ3) is 7.12. The van der Waals surface area contributed by atoms with Crippen LogP contribution in [0, 0.1) is 5.82 Å². The zero-order chi connectivity index (χ0) is 17.1. The molecule has 0 bridgehead atoms. The van der Waals surface area contributed by atoms with Crippen LogP contribution < -0.4 is 0 Å². The van der Waals surface area contributed by atoms with Crippen LogP contribution in [-0.2, 0) is 33.8 Å². The summed E-state index contributed by atoms with van der Waals surface area (Å²) in [6.07, 6.45) is 7.84. The zero-order valence-corrected chi connectivity index (χ0v) is 14.6. The maximum atomic E-state index is 14.7. The average Bonchev–Trinajstić information content (AvgIpc) is 2.52. The number of unbranched alkanes of at least 4 members (excludes halogenated alkanes) is 4. The molecule has 0 aromatic heterocycles. The average molecular weight is 324 g/mol. The molecule has 0 aliphatic heterocycles. The summed E-state index contributed by atoms with van der Waals surface area (Å²) in [5.74, 6) is -0.556. The van der Waals surface area contributed by atoms with Crippen LogP contribution in [0.5, 0.6) is 0 Å². The number of rotatable bonds is 11. The van der Waals surface area contributed by atoms with E-state index < -0.39 is 5.97 Å². The highest BCUT2D eigenvalue weighted by Crippen LogP contribution is 2.21. The Morgan fingerprint density at radius 3 is 1.96 bits per heavy atom. The van der Waals surface area contributed by atoms with E-state index in [1.54, 1.807) is 12.1 Å². The molecule has 0 fully saturated rings. The zero-order valence-electron chi connectivity index (χ0n) is 14.6. The molecule has 0 aliphatic carbocycles. The first-order valence-electron chi connectivity index (χ1n) is 8.66. The molecule has 1 rings (SSSR count). The summed E-state index contributed by atoms with van der Waals surface area (Å²) < 4.78 is 14.7. The summed E-state index contributed by atoms with van der Waals surface area (Å²) in [6.45, 7) is 4.26. The van der Waals surface area contributed by atoms with Crippen LogP contribution in [0.2, 0.25) is 0 Å². The number of carbonyl (C=O) groups excluding carboxylic acids is 1. The van der Waals surface area contributed by atoms with Crippen LogP contribution in [0.1, 0.15) is 69.1 Å². The van der Waals surface area contributed by atoms with E-state index in [1.165, 1.54) is 7.11 Å². The summed E-state index contributed by atoms with van der Waals surface area (Å²) in [5.41, 5.74) is 2.23. The van der Waals surface area contributed by atoms with Crippen molar-refractivity contribution in [1.82, 2.24) is 0 Å². The first-order valence-corrected chi connectivity index (χ1v) is 8.66. The molecule has 1 aromatic rings. The molecule has 1 aromatic carbocycles. The van der Waals surface area contributed by atoms with Crippen LogP contribution in [0.3, 0.4) is 0 Å². The molecule has 0 amide bonds. The van der Waals surface area contributed by atoms with Crippen molar-refractivity contribution in [3.05, 3.63) is 34.6 Å². The van der Waals surface area contributed by atoms with E-state index in [1.807, 2.05) is 0 Å². The maximum Gasteiger partial charge on any atom is 0.346 e. The molecular formula is C19H29FO3. The van der Waals surface area contributed by atoms with E-state index in [2.05, 4.69) is 23.6 Å². The van der Waals surface area contributed by atoms with Crippen LogP contribution in [0.15, 0.2) is 12.1 Å². The summed E-state index contributed by atoms with van der Waals surface area (Å²) in [5, 5.41) is 0. The molecule has 0 N–H and O–H groups in total. The van der Waals surface area contributed by atoms with Gasteiger partial charge >= 0.3 is 5.97 Å². The fourth-order valence-electron chi connectivity index (χ4n) is 2.71. The predicted molar refractivity (Wildman–Crippen MR) is 89.7 cm³/mol. The minimum absolute atomic E-state index is 0.0962. The van der Waals surface area contributed by atoms with Gasteiger partial charge in [0, 0.05) is 0 Å². The Hall–Kier alpha value is -1.42. The van der Waals surface area contributed by atoms with Crippen molar-refractivity contribution in [2.75, 3.05) is 7.11 Å². The quantitative estimate of drug-likeness (QED) is 0.329. The molecule has 0 radical (unpaired) electrons. The molecule has 3 nitrogen and oxygen atoms in total. The van der Waals surface area contributed by atoms with E-state index in [0.717, 1.165) is 44.1 Å². The summed E-state index contributed by atoms with van der Waals surface area (Å²) in [6, 6.07) is 3.59. The maximum absolute atomic E-state index is 14.7. The number of hydrogen-bond donors (Lipinski definition) is 0. The molecule has 0 spiro atoms. The van der Waals surface area contributed by atoms with Crippen molar-refractivity contribution < 1.29 is 19.0 Å². The van der Waals surface area contributed by atoms with Crippen LogP contribution in [0.4, 0.5) is 4.39 Å². The molecule has 0 aliphatic rings. The highest BCUT2D eigenvalue weighted by atomic mass is 19.1. The Bertz CT molecular complexity index is 454. The number of aryl methyl sites for hydroxylation is 2. The lowest BCUT2D eigenvalue weighted by atomic mass is 9.96. The summed E-state index contributed by atoms with van der Waals surface area (Å²) in [4.78, 5) is 20.5. The fraction of sp³-hybridized carbons (Fsp3) is 0.632. The Morgan fingerprint density at radius 2 is 1.52 bits per heavy atom. The minimum atomic E-state index is -0.460. The largest absolute Gasteiger partial charge is 0.346 e. The second kappa shape index (κ2) is 11.2. The third-order valence-corrected chi connectivity index (χ3v) is 3.91. The van der Waals surface area contributed by atoms with Gasteiger partial charge in [-0.3, -0.25) is 4.89 Å². The monoisotopic (exact) mass is 324 g/mol. The van der Waals surface area contributed by atoms with Crippen molar-refractivity contribution in [2.45, 2.75) is 71.6 Å². The molecule has 0 saturated carbocycles. The Kier molecular flexibility index (Phi) is 9.53. The highest BCUT2D eigenvalue weighted by Gasteiger charge is 2.13. The van der Waals surface area contributed by atoms with Gasteiger partial charge in [0.25, 0.3) is 0 Å². The Morgan fingerprint density at radius 1 is 1.00 bits per heavy atom. The van der Waals surface area contributed by atoms with E-state index in [4.69, 9.17) is 0 Å². The fourth-order valence-corrected chi connectivity index (χ4v) is 2.71. The van der Waals surface area contributed by atoms with Crippen molar-refractivity contribution in [3.63, 3.8) is 0 Å². The number of carbonyl (C=O) groups is 1. The standard InChI is InChI=1S/C19H29FO3/c1-4-6-8-10-16-12-15(14-18(21)23-22-3)13-17(19(16)20)11-9-7-5-2/h12-13H,4-11,14H2,1-3H3. The van der Waals surface area contributed by atoms with Gasteiger partial charge in [-0.1, -0.05) is 51.7 Å². The van der Waals surface area contributed by atoms with Crippen LogP contribution in [0.25, 0.3) is 0 Å². The number of hydrogen-bond acceptors (Lipinski definition) is 3. The topological polar surface area (TPSA) is 35.5 Å². The van der Waals surface area contributed by atoms with Gasteiger partial charge in [0.1, 0.15) is 5.82 Å². The lowest BCUT2D eigenvalue weighted by molar-refractivity contribution is -0.254. The predicted octanol–water partition coefficient (Wildman–Crippen LogP) is 4.94. The third-order valence-electron chi connectivity index (χ3n) is 3.91. The second-order valence-electron chi connectivity index (χ2n) is 5.94. The van der Waals surface area contributed by atoms with Gasteiger partial charge < -0.3 is 0 Å². The van der Waals surface area contributed by atoms with Gasteiger partial charge in [0.2, 0.25) is 0 Å². The van der Waals surface area contributed by atoms with Crippen molar-refractivity contribution in [1.29, 1.82) is 0 Å². The molecule has 0 atom stereocenters. The normalized spacial score (nSPS) is 10.8. The molecule has 23 heavy (non-hydrogen) atoms. The molecule has 4 heteroatoms. The lowest BCUT2D eigenvalue weighted by Crippen LogP contribution is -2.09. The van der Waals surface area contributed by atoms with Gasteiger partial charge in [0.05, 0.1) is 13.5 Å². The first kappa shape index (κ1) is 19.6. The van der Waals surface area contributed by atoms with Gasteiger partial charge in [-0.25, -0.2) is 9.18 Å². The van der Waals surface area contributed by atoms with Gasteiger partial charge in [-0.2, -0.15) is 4.89 Å². The Balaban J connectivity index is 2.92. The van der Waals surface area contributed by atoms with Crippen LogP contribution >= 0.6 is 0 Å². The van der Waals surface area contributed by atoms with Gasteiger partial charge in [0.15, 0.2) is 0 Å². The summed E-state index contributed by atoms with van der Waals surface area (Å²) in [7, 11) is 1.30. The smallest absolute Gasteiger partial charge is 0.298 e. The van der Waals surface area contributed by atoms with Crippen molar-refractivity contribution in [3.8, 4) is 0 Å². The molecule has 130 valence electrons. The Labute approximate surface area is 139 Å². The second-order valence-corrected chi connectivity index (χ2v) is 5.94. The first-order chi connectivity index (χ1) is 11.1. The van der Waals surface area contributed by atoms with Crippen molar-refractivity contribution in [2.24, 2.45) is 0 Å². The van der Waals surface area contributed by atoms with E-state index in [9.17, 15) is 9.18 Å². The highest BCUT2D eigenvalue weighted by molar-refractivity contribution is 5.72. The van der Waals surface area contributed by atoms with E-state index in [0.29, 0.717) is 24.0 Å². The van der Waals surface area contributed by atoms with Crippen molar-refractivity contribution >= 4 is 5.97 Å². The molecule has 0 saturated heterocycles. The SMILES string of the molecule is CCCCCc1cc(CC(=O)OOC)cc(CCCCC)c1F. The van der Waals surface area contributed by atoms with Crippen LogP contribution in [-0.4, -0.2) is 13.1 Å². The number of halogens is 1. The molecule has 0 unspecified atom stereocenters. The molecular weight excluding hydrogens is 295 g/mol. The minimum Gasteiger partial charge on any atom is -0.298 e. The van der Waals surface area contributed by atoms with Gasteiger partial charge in [-0.15, -0.1) is 0 Å². The van der Waals surface area contributed by atoms with Gasteiger partial charge in [-0.05, 0) is 42.4 Å². The molecule has 0 heterocycles. The number of benzene rings is 1. The van der Waals surface area contributed by atoms with E-state index >= 15 is 0 Å². The lowest BCUT2D eigenvalue weighted by Gasteiger charge is -2.12.